The molecule has 2 nitrogen and oxygen atoms in total. The highest BCUT2D eigenvalue weighted by Gasteiger charge is 2.02. The van der Waals surface area contributed by atoms with E-state index in [4.69, 9.17) is 4.74 Å². The third kappa shape index (κ3) is 3.04. The SMILES string of the molecule is COc1ccc(O)c(SCCS)c1. The van der Waals surface area contributed by atoms with Crippen LogP contribution in [0.2, 0.25) is 0 Å². The number of thiol groups is 1. The van der Waals surface area contributed by atoms with E-state index in [0.29, 0.717) is 5.75 Å². The zero-order chi connectivity index (χ0) is 9.68. The van der Waals surface area contributed by atoms with E-state index in [9.17, 15) is 5.11 Å². The minimum Gasteiger partial charge on any atom is -0.507 e. The van der Waals surface area contributed by atoms with Crippen molar-refractivity contribution in [3.05, 3.63) is 18.2 Å². The van der Waals surface area contributed by atoms with Crippen LogP contribution in [0.3, 0.4) is 0 Å². The molecule has 1 aromatic carbocycles. The number of aromatic hydroxyl groups is 1. The van der Waals surface area contributed by atoms with Crippen molar-refractivity contribution in [2.45, 2.75) is 4.90 Å². The highest BCUT2D eigenvalue weighted by Crippen LogP contribution is 2.31. The summed E-state index contributed by atoms with van der Waals surface area (Å²) in [7, 11) is 1.61. The molecule has 0 amide bonds. The predicted octanol–water partition coefficient (Wildman–Crippen LogP) is 2.42. The molecule has 0 aliphatic carbocycles. The van der Waals surface area contributed by atoms with Crippen molar-refractivity contribution in [1.29, 1.82) is 0 Å². The molecule has 0 radical (unpaired) electrons. The highest BCUT2D eigenvalue weighted by atomic mass is 32.2. The Bertz CT molecular complexity index is 276. The lowest BCUT2D eigenvalue weighted by Crippen LogP contribution is -1.85. The Hall–Kier alpha value is -0.480. The minimum atomic E-state index is 0.299. The maximum atomic E-state index is 9.46. The lowest BCUT2D eigenvalue weighted by atomic mass is 10.3. The van der Waals surface area contributed by atoms with E-state index < -0.39 is 0 Å². The molecule has 1 aromatic rings. The number of thioether (sulfide) groups is 1. The van der Waals surface area contributed by atoms with Gasteiger partial charge in [0.05, 0.1) is 12.0 Å². The van der Waals surface area contributed by atoms with Gasteiger partial charge in [-0.25, -0.2) is 0 Å². The third-order valence-corrected chi connectivity index (χ3v) is 3.09. The van der Waals surface area contributed by atoms with Gasteiger partial charge in [-0.05, 0) is 24.0 Å². The summed E-state index contributed by atoms with van der Waals surface area (Å²) >= 11 is 5.67. The van der Waals surface area contributed by atoms with Crippen molar-refractivity contribution in [2.75, 3.05) is 18.6 Å². The van der Waals surface area contributed by atoms with Crippen molar-refractivity contribution < 1.29 is 9.84 Å². The summed E-state index contributed by atoms with van der Waals surface area (Å²) < 4.78 is 5.05. The Kier molecular flexibility index (Phi) is 4.32. The van der Waals surface area contributed by atoms with Gasteiger partial charge >= 0.3 is 0 Å². The molecule has 0 aromatic heterocycles. The molecule has 0 heterocycles. The third-order valence-electron chi connectivity index (χ3n) is 1.52. The van der Waals surface area contributed by atoms with Crippen LogP contribution in [-0.4, -0.2) is 23.7 Å². The smallest absolute Gasteiger partial charge is 0.129 e. The molecule has 0 unspecified atom stereocenters. The van der Waals surface area contributed by atoms with Crippen molar-refractivity contribution in [3.8, 4) is 11.5 Å². The standard InChI is InChI=1S/C9H12O2S2/c1-11-7-2-3-8(10)9(6-7)13-5-4-12/h2-3,6,10,12H,4-5H2,1H3. The fraction of sp³-hybridized carbons (Fsp3) is 0.333. The average molecular weight is 216 g/mol. The molecular weight excluding hydrogens is 204 g/mol. The quantitative estimate of drug-likeness (QED) is 0.598. The van der Waals surface area contributed by atoms with Crippen LogP contribution in [0, 0.1) is 0 Å². The van der Waals surface area contributed by atoms with Crippen LogP contribution in [0.1, 0.15) is 0 Å². The normalized spacial score (nSPS) is 10.0. The van der Waals surface area contributed by atoms with Gasteiger partial charge in [0.1, 0.15) is 11.5 Å². The second kappa shape index (κ2) is 5.29. The van der Waals surface area contributed by atoms with Crippen LogP contribution < -0.4 is 4.74 Å². The number of phenols is 1. The molecule has 0 saturated heterocycles. The van der Waals surface area contributed by atoms with Gasteiger partial charge in [-0.15, -0.1) is 11.8 Å². The lowest BCUT2D eigenvalue weighted by molar-refractivity contribution is 0.409. The summed E-state index contributed by atoms with van der Waals surface area (Å²) in [6.07, 6.45) is 0. The van der Waals surface area contributed by atoms with Crippen molar-refractivity contribution in [2.24, 2.45) is 0 Å². The molecule has 4 heteroatoms. The monoisotopic (exact) mass is 216 g/mol. The Morgan fingerprint density at radius 1 is 1.54 bits per heavy atom. The van der Waals surface area contributed by atoms with E-state index in [2.05, 4.69) is 12.6 Å². The predicted molar refractivity (Wildman–Crippen MR) is 59.2 cm³/mol. The van der Waals surface area contributed by atoms with Gasteiger partial charge in [0.25, 0.3) is 0 Å². The molecule has 0 aliphatic heterocycles. The average Bonchev–Trinajstić information content (AvgIpc) is 2.17. The van der Waals surface area contributed by atoms with Gasteiger partial charge in [0, 0.05) is 5.75 Å². The minimum absolute atomic E-state index is 0.299. The highest BCUT2D eigenvalue weighted by molar-refractivity contribution is 8.00. The van der Waals surface area contributed by atoms with Gasteiger partial charge in [-0.3, -0.25) is 0 Å². The Morgan fingerprint density at radius 3 is 2.92 bits per heavy atom. The number of hydrogen-bond acceptors (Lipinski definition) is 4. The largest absolute Gasteiger partial charge is 0.507 e. The molecule has 72 valence electrons. The van der Waals surface area contributed by atoms with E-state index in [-0.39, 0.29) is 0 Å². The summed E-state index contributed by atoms with van der Waals surface area (Å²) in [5.74, 6) is 2.73. The van der Waals surface area contributed by atoms with Crippen LogP contribution in [0.15, 0.2) is 23.1 Å². The molecule has 1 N–H and O–H groups in total. The number of hydrogen-bond donors (Lipinski definition) is 2. The molecule has 1 rings (SSSR count). The molecule has 0 fully saturated rings. The topological polar surface area (TPSA) is 29.5 Å². The Labute approximate surface area is 87.7 Å². The number of phenolic OH excluding ortho intramolecular Hbond substituents is 1. The van der Waals surface area contributed by atoms with Crippen molar-refractivity contribution in [3.63, 3.8) is 0 Å². The fourth-order valence-corrected chi connectivity index (χ4v) is 1.89. The van der Waals surface area contributed by atoms with E-state index in [1.54, 1.807) is 31.0 Å². The molecule has 0 aliphatic rings. The van der Waals surface area contributed by atoms with Gasteiger partial charge in [-0.1, -0.05) is 0 Å². The summed E-state index contributed by atoms with van der Waals surface area (Å²) in [6.45, 7) is 0. The van der Waals surface area contributed by atoms with Crippen molar-refractivity contribution >= 4 is 24.4 Å². The zero-order valence-corrected chi connectivity index (χ0v) is 9.07. The van der Waals surface area contributed by atoms with Gasteiger partial charge in [-0.2, -0.15) is 12.6 Å². The maximum absolute atomic E-state index is 9.46. The fourth-order valence-electron chi connectivity index (χ4n) is 0.893. The first-order chi connectivity index (χ1) is 6.27. The van der Waals surface area contributed by atoms with Crippen LogP contribution in [0.5, 0.6) is 11.5 Å². The Morgan fingerprint density at radius 2 is 2.31 bits per heavy atom. The summed E-state index contributed by atoms with van der Waals surface area (Å²) in [4.78, 5) is 0.841. The van der Waals surface area contributed by atoms with Crippen molar-refractivity contribution in [1.82, 2.24) is 0 Å². The second-order valence-corrected chi connectivity index (χ2v) is 3.99. The summed E-state index contributed by atoms with van der Waals surface area (Å²) in [5, 5.41) is 9.46. The van der Waals surface area contributed by atoms with E-state index in [1.807, 2.05) is 6.07 Å². The second-order valence-electron chi connectivity index (χ2n) is 2.41. The molecular formula is C9H12O2S2. The zero-order valence-electron chi connectivity index (χ0n) is 7.36. The summed E-state index contributed by atoms with van der Waals surface area (Å²) in [5.41, 5.74) is 0. The number of rotatable bonds is 4. The van der Waals surface area contributed by atoms with Gasteiger partial charge in [0.15, 0.2) is 0 Å². The first-order valence-corrected chi connectivity index (χ1v) is 5.50. The maximum Gasteiger partial charge on any atom is 0.129 e. The molecule has 0 saturated carbocycles. The number of methoxy groups -OCH3 is 1. The van der Waals surface area contributed by atoms with E-state index >= 15 is 0 Å². The lowest BCUT2D eigenvalue weighted by Gasteiger charge is -2.05. The van der Waals surface area contributed by atoms with Crippen LogP contribution in [0.4, 0.5) is 0 Å². The van der Waals surface area contributed by atoms with Gasteiger partial charge in [0.2, 0.25) is 0 Å². The van der Waals surface area contributed by atoms with Gasteiger partial charge < -0.3 is 9.84 Å². The first-order valence-electron chi connectivity index (χ1n) is 3.88. The summed E-state index contributed by atoms with van der Waals surface area (Å²) in [6, 6.07) is 5.20. The van der Waals surface area contributed by atoms with Crippen LogP contribution >= 0.6 is 24.4 Å². The number of ether oxygens (including phenoxy) is 1. The van der Waals surface area contributed by atoms with Crippen LogP contribution in [0.25, 0.3) is 0 Å². The molecule has 0 bridgehead atoms. The molecule has 0 spiro atoms. The van der Waals surface area contributed by atoms with E-state index in [0.717, 1.165) is 22.2 Å². The molecule has 13 heavy (non-hydrogen) atoms. The number of benzene rings is 1. The van der Waals surface area contributed by atoms with E-state index in [1.165, 1.54) is 0 Å². The van der Waals surface area contributed by atoms with Crippen LogP contribution in [-0.2, 0) is 0 Å². The Balaban J connectivity index is 2.78. The first kappa shape index (κ1) is 10.6. The molecule has 0 atom stereocenters.